The van der Waals surface area contributed by atoms with Gasteiger partial charge in [0.05, 0.1) is 33.4 Å². The monoisotopic (exact) mass is 596 g/mol. The van der Waals surface area contributed by atoms with Crippen molar-refractivity contribution in [3.8, 4) is 17.2 Å². The summed E-state index contributed by atoms with van der Waals surface area (Å²) < 4.78 is 39.9. The summed E-state index contributed by atoms with van der Waals surface area (Å²) in [4.78, 5) is 16.7. The number of likely N-dealkylation sites (tertiary alicyclic amines) is 1. The zero-order chi connectivity index (χ0) is 28.0. The highest BCUT2D eigenvalue weighted by Crippen LogP contribution is 2.28. The lowest BCUT2D eigenvalue weighted by Crippen LogP contribution is -2.46. The summed E-state index contributed by atoms with van der Waals surface area (Å²) in [5.41, 5.74) is 2.40. The van der Waals surface area contributed by atoms with E-state index in [1.807, 2.05) is 30.3 Å². The summed E-state index contributed by atoms with van der Waals surface area (Å²) in [6.45, 7) is 1.65. The molecule has 14 heteroatoms. The van der Waals surface area contributed by atoms with E-state index in [-0.39, 0.29) is 26.3 Å². The van der Waals surface area contributed by atoms with Gasteiger partial charge in [0, 0.05) is 11.8 Å². The standard InChI is InChI=1S/C25H38BN4O6PS2/c1-33-23-10-9-19(14-24(23)34-2)6-3-5-18-7-4-8-21(13-18)35-12-11-27-39(32)28-16-20-15-22(38)17-30(20)25(31)36-37-29-26/h4,7-10,13-14,20,22,27-29,37-38H,3,5-6,11-12,15-17,26H2,1-2H3/t20-,22-,39?/m0/s1. The van der Waals surface area contributed by atoms with Crippen LogP contribution < -0.4 is 28.7 Å². The van der Waals surface area contributed by atoms with Gasteiger partial charge in [-0.1, -0.05) is 18.2 Å². The van der Waals surface area contributed by atoms with Gasteiger partial charge in [-0.3, -0.25) is 0 Å². The SMILES string of the molecule is BNPOC(=O)N1C[C@@H](S)C[C@H]1CN[S+]([O-])NCCOc1cccc(CCCc2ccc(OC)c(OC)c2)c1. The maximum absolute atomic E-state index is 12.4. The fraction of sp³-hybridized carbons (Fsp3) is 0.480. The molecule has 4 atom stereocenters. The number of ether oxygens (including phenoxy) is 3. The van der Waals surface area contributed by atoms with Crippen LogP contribution in [0.3, 0.4) is 0 Å². The Morgan fingerprint density at radius 2 is 1.92 bits per heavy atom. The average Bonchev–Trinajstić information content (AvgIpc) is 3.33. The number of methoxy groups -OCH3 is 2. The molecule has 1 aliphatic rings. The van der Waals surface area contributed by atoms with Gasteiger partial charge in [0.15, 0.2) is 19.5 Å². The zero-order valence-electron chi connectivity index (χ0n) is 22.6. The van der Waals surface area contributed by atoms with E-state index in [2.05, 4.69) is 39.2 Å². The van der Waals surface area contributed by atoms with Crippen LogP contribution in [0.2, 0.25) is 0 Å². The largest absolute Gasteiger partial charge is 0.579 e. The van der Waals surface area contributed by atoms with Gasteiger partial charge in [0.25, 0.3) is 0 Å². The lowest BCUT2D eigenvalue weighted by molar-refractivity contribution is 0.153. The number of aryl methyl sites for hydroxylation is 2. The second-order valence-electron chi connectivity index (χ2n) is 8.97. The fourth-order valence-corrected chi connectivity index (χ4v) is 5.75. The molecule has 1 saturated heterocycles. The van der Waals surface area contributed by atoms with Gasteiger partial charge >= 0.3 is 6.09 Å². The second kappa shape index (κ2) is 17.1. The first-order valence-corrected chi connectivity index (χ1v) is 15.4. The minimum Gasteiger partial charge on any atom is -0.579 e. The van der Waals surface area contributed by atoms with E-state index in [9.17, 15) is 9.35 Å². The molecule has 3 N–H and O–H groups in total. The Labute approximate surface area is 242 Å². The third-order valence-corrected chi connectivity index (χ3v) is 7.95. The van der Waals surface area contributed by atoms with E-state index in [1.54, 1.807) is 27.1 Å². The van der Waals surface area contributed by atoms with E-state index in [0.717, 1.165) is 36.5 Å². The maximum atomic E-state index is 12.4. The van der Waals surface area contributed by atoms with Crippen LogP contribution in [0.5, 0.6) is 17.2 Å². The molecule has 3 rings (SSSR count). The molecule has 2 aromatic carbocycles. The number of amides is 1. The average molecular weight is 597 g/mol. The number of nitrogens with one attached hydrogen (secondary N) is 3. The van der Waals surface area contributed by atoms with Crippen molar-refractivity contribution >= 4 is 47.2 Å². The highest BCUT2D eigenvalue weighted by atomic mass is 32.2. The van der Waals surface area contributed by atoms with Gasteiger partial charge in [-0.2, -0.15) is 12.6 Å². The Morgan fingerprint density at radius 1 is 1.15 bits per heavy atom. The normalized spacial score (nSPS) is 17.9. The van der Waals surface area contributed by atoms with E-state index < -0.39 is 11.5 Å². The number of benzene rings is 2. The number of rotatable bonds is 16. The van der Waals surface area contributed by atoms with Gasteiger partial charge in [-0.15, -0.1) is 9.44 Å². The molecule has 0 aromatic heterocycles. The van der Waals surface area contributed by atoms with E-state index in [4.69, 9.17) is 18.7 Å². The van der Waals surface area contributed by atoms with Crippen molar-refractivity contribution < 1.29 is 28.1 Å². The number of carbonyl (C=O) groups excluding carboxylic acids is 1. The van der Waals surface area contributed by atoms with Crippen molar-refractivity contribution in [3.63, 3.8) is 0 Å². The Morgan fingerprint density at radius 3 is 2.67 bits per heavy atom. The summed E-state index contributed by atoms with van der Waals surface area (Å²) in [6.07, 6.45) is 3.16. The minimum absolute atomic E-state index is 0.0683. The van der Waals surface area contributed by atoms with Crippen LogP contribution in [0.1, 0.15) is 24.0 Å². The summed E-state index contributed by atoms with van der Waals surface area (Å²) in [7, 11) is 4.90. The van der Waals surface area contributed by atoms with Crippen LogP contribution in [-0.2, 0) is 28.9 Å². The van der Waals surface area contributed by atoms with Crippen LogP contribution in [0.15, 0.2) is 42.5 Å². The molecular weight excluding hydrogens is 558 g/mol. The first-order chi connectivity index (χ1) is 18.9. The lowest BCUT2D eigenvalue weighted by atomic mass is 10.0. The highest BCUT2D eigenvalue weighted by Gasteiger charge is 2.35. The van der Waals surface area contributed by atoms with Crippen molar-refractivity contribution in [2.24, 2.45) is 0 Å². The number of carbonyl (C=O) groups is 1. The predicted octanol–water partition coefficient (Wildman–Crippen LogP) is 2.17. The summed E-state index contributed by atoms with van der Waals surface area (Å²) in [5, 5.41) is 0.0683. The van der Waals surface area contributed by atoms with Crippen LogP contribution >= 0.6 is 21.6 Å². The Kier molecular flexibility index (Phi) is 13.9. The Hall–Kier alpha value is -1.86. The Bertz CT molecular complexity index is 1050. The van der Waals surface area contributed by atoms with Crippen molar-refractivity contribution in [2.45, 2.75) is 37.0 Å². The Balaban J connectivity index is 1.34. The molecule has 0 spiro atoms. The zero-order valence-corrected chi connectivity index (χ0v) is 25.3. The fourth-order valence-electron chi connectivity index (χ4n) is 4.31. The minimum atomic E-state index is -1.46. The highest BCUT2D eigenvalue weighted by molar-refractivity contribution is 7.87. The van der Waals surface area contributed by atoms with Crippen LogP contribution in [0.25, 0.3) is 0 Å². The molecule has 0 aliphatic carbocycles. The topological polar surface area (TPSA) is 116 Å². The molecule has 214 valence electrons. The second-order valence-corrected chi connectivity index (χ2v) is 11.7. The van der Waals surface area contributed by atoms with E-state index in [0.29, 0.717) is 32.7 Å². The first kappa shape index (κ1) is 31.7. The molecule has 10 nitrogen and oxygen atoms in total. The van der Waals surface area contributed by atoms with Crippen LogP contribution in [0.4, 0.5) is 4.79 Å². The summed E-state index contributed by atoms with van der Waals surface area (Å²) >= 11 is 3.03. The van der Waals surface area contributed by atoms with Gasteiger partial charge in [-0.05, 0) is 61.1 Å². The van der Waals surface area contributed by atoms with Gasteiger partial charge in [0.2, 0.25) is 0 Å². The molecule has 1 aliphatic heterocycles. The number of thiol groups is 1. The molecule has 1 amide bonds. The summed E-state index contributed by atoms with van der Waals surface area (Å²) in [5.74, 6) is 2.25. The van der Waals surface area contributed by atoms with Gasteiger partial charge in [0.1, 0.15) is 32.9 Å². The van der Waals surface area contributed by atoms with Crippen molar-refractivity contribution in [1.29, 1.82) is 0 Å². The van der Waals surface area contributed by atoms with Crippen LogP contribution in [-0.4, -0.2) is 75.3 Å². The predicted molar refractivity (Wildman–Crippen MR) is 162 cm³/mol. The summed E-state index contributed by atoms with van der Waals surface area (Å²) in [6, 6.07) is 13.9. The molecule has 2 aromatic rings. The van der Waals surface area contributed by atoms with Crippen LogP contribution in [0, 0.1) is 0 Å². The number of hydrogen-bond donors (Lipinski definition) is 4. The lowest BCUT2D eigenvalue weighted by Gasteiger charge is -2.24. The van der Waals surface area contributed by atoms with Crippen molar-refractivity contribution in [3.05, 3.63) is 53.6 Å². The van der Waals surface area contributed by atoms with Crippen molar-refractivity contribution in [1.82, 2.24) is 19.3 Å². The molecule has 2 unspecified atom stereocenters. The molecule has 0 radical (unpaired) electrons. The van der Waals surface area contributed by atoms with Gasteiger partial charge < -0.3 is 33.2 Å². The molecule has 0 bridgehead atoms. The molecule has 1 fully saturated rings. The van der Waals surface area contributed by atoms with E-state index in [1.165, 1.54) is 11.1 Å². The molecular formula is C25H38BN4O6PS2. The smallest absolute Gasteiger partial charge is 0.413 e. The molecule has 1 heterocycles. The molecule has 0 saturated carbocycles. The first-order valence-electron chi connectivity index (χ1n) is 12.8. The third-order valence-electron chi connectivity index (χ3n) is 6.20. The molecule has 39 heavy (non-hydrogen) atoms. The van der Waals surface area contributed by atoms with E-state index >= 15 is 0 Å². The van der Waals surface area contributed by atoms with Crippen molar-refractivity contribution in [2.75, 3.05) is 40.5 Å². The van der Waals surface area contributed by atoms with Gasteiger partial charge in [-0.25, -0.2) is 4.79 Å². The maximum Gasteiger partial charge on any atom is 0.413 e. The third kappa shape index (κ3) is 10.6. The number of nitrogens with zero attached hydrogens (tertiary/aromatic N) is 1. The number of hydrogen-bond acceptors (Lipinski definition) is 10. The quantitative estimate of drug-likeness (QED) is 0.0761.